The summed E-state index contributed by atoms with van der Waals surface area (Å²) < 4.78 is 0. The van der Waals surface area contributed by atoms with E-state index < -0.39 is 5.97 Å². The molecule has 0 aliphatic carbocycles. The van der Waals surface area contributed by atoms with Crippen LogP contribution >= 0.6 is 0 Å². The van der Waals surface area contributed by atoms with E-state index in [-0.39, 0.29) is 16.9 Å². The maximum Gasteiger partial charge on any atom is 0.331 e. The van der Waals surface area contributed by atoms with Gasteiger partial charge in [0.15, 0.2) is 0 Å². The van der Waals surface area contributed by atoms with Gasteiger partial charge in [-0.25, -0.2) is 4.79 Å². The van der Waals surface area contributed by atoms with Crippen molar-refractivity contribution in [1.82, 2.24) is 0 Å². The molecule has 2 N–H and O–H groups in total. The number of carbonyl (C=O) groups is 2. The van der Waals surface area contributed by atoms with Crippen LogP contribution in [0.3, 0.4) is 0 Å². The third-order valence-corrected chi connectivity index (χ3v) is 3.37. The van der Waals surface area contributed by atoms with E-state index in [1.165, 1.54) is 0 Å². The molecule has 1 aliphatic rings. The topological polar surface area (TPSA) is 66.4 Å². The second-order valence-corrected chi connectivity index (χ2v) is 5.55. The molecule has 1 aromatic carbocycles. The SMILES string of the molecule is C/C(=C\c1ccc2c(c1)C(C)(C)CC(=O)N2)C(=O)O. The van der Waals surface area contributed by atoms with Gasteiger partial charge in [-0.2, -0.15) is 0 Å². The molecule has 19 heavy (non-hydrogen) atoms. The zero-order chi connectivity index (χ0) is 14.2. The van der Waals surface area contributed by atoms with Crippen LogP contribution in [0.2, 0.25) is 0 Å². The molecule has 0 saturated heterocycles. The molecular formula is C15H17NO3. The molecule has 0 bridgehead atoms. The first-order valence-corrected chi connectivity index (χ1v) is 6.15. The van der Waals surface area contributed by atoms with Gasteiger partial charge in [-0.1, -0.05) is 19.9 Å². The molecule has 100 valence electrons. The van der Waals surface area contributed by atoms with E-state index in [0.717, 1.165) is 16.8 Å². The number of carbonyl (C=O) groups excluding carboxylic acids is 1. The van der Waals surface area contributed by atoms with Crippen LogP contribution in [0.15, 0.2) is 23.8 Å². The third kappa shape index (κ3) is 2.67. The van der Waals surface area contributed by atoms with Crippen LogP contribution in [0, 0.1) is 0 Å². The first-order valence-electron chi connectivity index (χ1n) is 6.15. The molecule has 4 heteroatoms. The maximum absolute atomic E-state index is 11.6. The van der Waals surface area contributed by atoms with E-state index in [4.69, 9.17) is 5.11 Å². The van der Waals surface area contributed by atoms with Crippen LogP contribution in [0.1, 0.15) is 38.3 Å². The summed E-state index contributed by atoms with van der Waals surface area (Å²) in [6, 6.07) is 5.59. The molecular weight excluding hydrogens is 242 g/mol. The number of aliphatic carboxylic acids is 1. The normalized spacial score (nSPS) is 17.6. The van der Waals surface area contributed by atoms with Gasteiger partial charge in [-0.15, -0.1) is 0 Å². The molecule has 1 heterocycles. The number of fused-ring (bicyclic) bond motifs is 1. The minimum Gasteiger partial charge on any atom is -0.478 e. The Hall–Kier alpha value is -2.10. The van der Waals surface area contributed by atoms with Gasteiger partial charge in [-0.05, 0) is 36.3 Å². The molecule has 0 saturated carbocycles. The Kier molecular flexibility index (Phi) is 3.18. The van der Waals surface area contributed by atoms with Crippen LogP contribution < -0.4 is 5.32 Å². The van der Waals surface area contributed by atoms with Crippen molar-refractivity contribution in [3.8, 4) is 0 Å². The largest absolute Gasteiger partial charge is 0.478 e. The van der Waals surface area contributed by atoms with Crippen LogP contribution in [-0.4, -0.2) is 17.0 Å². The van der Waals surface area contributed by atoms with Gasteiger partial charge in [-0.3, -0.25) is 4.79 Å². The first kappa shape index (κ1) is 13.3. The van der Waals surface area contributed by atoms with Crippen molar-refractivity contribution < 1.29 is 14.7 Å². The lowest BCUT2D eigenvalue weighted by molar-refractivity contribution is -0.132. The van der Waals surface area contributed by atoms with Crippen LogP contribution in [0.4, 0.5) is 5.69 Å². The van der Waals surface area contributed by atoms with E-state index in [0.29, 0.717) is 6.42 Å². The molecule has 1 amide bonds. The van der Waals surface area contributed by atoms with E-state index >= 15 is 0 Å². The van der Waals surface area contributed by atoms with Crippen molar-refractivity contribution in [3.05, 3.63) is 34.9 Å². The zero-order valence-corrected chi connectivity index (χ0v) is 11.3. The van der Waals surface area contributed by atoms with Crippen molar-refractivity contribution >= 4 is 23.6 Å². The average molecular weight is 259 g/mol. The van der Waals surface area contributed by atoms with E-state index in [9.17, 15) is 9.59 Å². The Morgan fingerprint density at radius 3 is 2.74 bits per heavy atom. The summed E-state index contributed by atoms with van der Waals surface area (Å²) >= 11 is 0. The lowest BCUT2D eigenvalue weighted by Gasteiger charge is -2.32. The number of nitrogens with one attached hydrogen (secondary N) is 1. The zero-order valence-electron chi connectivity index (χ0n) is 11.3. The number of hydrogen-bond acceptors (Lipinski definition) is 2. The van der Waals surface area contributed by atoms with Crippen molar-refractivity contribution in [1.29, 1.82) is 0 Å². The van der Waals surface area contributed by atoms with Crippen LogP contribution in [-0.2, 0) is 15.0 Å². The quantitative estimate of drug-likeness (QED) is 0.802. The number of rotatable bonds is 2. The fraction of sp³-hybridized carbons (Fsp3) is 0.333. The Bertz CT molecular complexity index is 585. The van der Waals surface area contributed by atoms with Crippen molar-refractivity contribution in [2.75, 3.05) is 5.32 Å². The summed E-state index contributed by atoms with van der Waals surface area (Å²) in [5, 5.41) is 11.7. The van der Waals surface area contributed by atoms with Gasteiger partial charge < -0.3 is 10.4 Å². The molecule has 0 radical (unpaired) electrons. The van der Waals surface area contributed by atoms with Gasteiger partial charge in [0.1, 0.15) is 0 Å². The number of carboxylic acids is 1. The predicted molar refractivity (Wildman–Crippen MR) is 74.0 cm³/mol. The molecule has 1 aliphatic heterocycles. The van der Waals surface area contributed by atoms with Gasteiger partial charge >= 0.3 is 5.97 Å². The standard InChI is InChI=1S/C15H17NO3/c1-9(14(18)19)6-10-4-5-12-11(7-10)15(2,3)8-13(17)16-12/h4-7H,8H2,1-3H3,(H,16,17)(H,18,19)/b9-6+. The monoisotopic (exact) mass is 259 g/mol. The van der Waals surface area contributed by atoms with Gasteiger partial charge in [0, 0.05) is 23.1 Å². The van der Waals surface area contributed by atoms with E-state index in [1.807, 2.05) is 32.0 Å². The molecule has 4 nitrogen and oxygen atoms in total. The number of amides is 1. The molecule has 0 atom stereocenters. The highest BCUT2D eigenvalue weighted by atomic mass is 16.4. The number of anilines is 1. The lowest BCUT2D eigenvalue weighted by atomic mass is 9.77. The summed E-state index contributed by atoms with van der Waals surface area (Å²) in [5.74, 6) is -0.909. The molecule has 0 aromatic heterocycles. The highest BCUT2D eigenvalue weighted by Gasteiger charge is 2.31. The maximum atomic E-state index is 11.6. The minimum absolute atomic E-state index is 0.0162. The number of benzene rings is 1. The van der Waals surface area contributed by atoms with Crippen molar-refractivity contribution in [3.63, 3.8) is 0 Å². The van der Waals surface area contributed by atoms with Crippen LogP contribution in [0.25, 0.3) is 6.08 Å². The Morgan fingerprint density at radius 1 is 1.42 bits per heavy atom. The van der Waals surface area contributed by atoms with Crippen LogP contribution in [0.5, 0.6) is 0 Å². The molecule has 0 fully saturated rings. The lowest BCUT2D eigenvalue weighted by Crippen LogP contribution is -2.32. The first-order chi connectivity index (χ1) is 8.79. The highest BCUT2D eigenvalue weighted by molar-refractivity contribution is 5.96. The molecule has 0 spiro atoms. The second kappa shape index (κ2) is 4.53. The summed E-state index contributed by atoms with van der Waals surface area (Å²) in [4.78, 5) is 22.4. The Labute approximate surface area is 112 Å². The van der Waals surface area contributed by atoms with E-state index in [1.54, 1.807) is 13.0 Å². The Morgan fingerprint density at radius 2 is 2.11 bits per heavy atom. The highest BCUT2D eigenvalue weighted by Crippen LogP contribution is 2.37. The van der Waals surface area contributed by atoms with Gasteiger partial charge in [0.2, 0.25) is 5.91 Å². The Balaban J connectivity index is 2.47. The molecule has 1 aromatic rings. The fourth-order valence-electron chi connectivity index (χ4n) is 2.32. The van der Waals surface area contributed by atoms with Gasteiger partial charge in [0.25, 0.3) is 0 Å². The molecule has 0 unspecified atom stereocenters. The third-order valence-electron chi connectivity index (χ3n) is 3.37. The summed E-state index contributed by atoms with van der Waals surface area (Å²) in [6.45, 7) is 5.60. The van der Waals surface area contributed by atoms with Crippen molar-refractivity contribution in [2.45, 2.75) is 32.6 Å². The predicted octanol–water partition coefficient (Wildman–Crippen LogP) is 2.79. The van der Waals surface area contributed by atoms with E-state index in [2.05, 4.69) is 5.32 Å². The average Bonchev–Trinajstić information content (AvgIpc) is 2.28. The second-order valence-electron chi connectivity index (χ2n) is 5.55. The summed E-state index contributed by atoms with van der Waals surface area (Å²) in [5.41, 5.74) is 2.74. The van der Waals surface area contributed by atoms with Gasteiger partial charge in [0.05, 0.1) is 0 Å². The minimum atomic E-state index is -0.926. The summed E-state index contributed by atoms with van der Waals surface area (Å²) in [6.07, 6.45) is 2.07. The van der Waals surface area contributed by atoms with Crippen molar-refractivity contribution in [2.24, 2.45) is 0 Å². The molecule has 2 rings (SSSR count). The summed E-state index contributed by atoms with van der Waals surface area (Å²) in [7, 11) is 0. The smallest absolute Gasteiger partial charge is 0.331 e. The number of hydrogen-bond donors (Lipinski definition) is 2. The number of carboxylic acid groups (broad SMARTS) is 1. The fourth-order valence-corrected chi connectivity index (χ4v) is 2.32.